The van der Waals surface area contributed by atoms with Crippen LogP contribution in [0.5, 0.6) is 0 Å². The van der Waals surface area contributed by atoms with Gasteiger partial charge in [0.1, 0.15) is 5.01 Å². The summed E-state index contributed by atoms with van der Waals surface area (Å²) < 4.78 is 13.7. The van der Waals surface area contributed by atoms with E-state index >= 15 is 0 Å². The minimum atomic E-state index is -0.776. The zero-order valence-electron chi connectivity index (χ0n) is 23.2. The van der Waals surface area contributed by atoms with Crippen LogP contribution in [0.4, 0.5) is 0 Å². The Bertz CT molecular complexity index is 1250. The smallest absolute Gasteiger partial charge is 0.303 e. The molecule has 3 unspecified atom stereocenters. The zero-order chi connectivity index (χ0) is 29.0. The number of hydrogen-bond acceptors (Lipinski definition) is 9. The van der Waals surface area contributed by atoms with Gasteiger partial charge in [-0.15, -0.1) is 10.2 Å². The number of carbonyl (C=O) groups excluding carboxylic acids is 1. The second kappa shape index (κ2) is 16.0. The first-order chi connectivity index (χ1) is 19.9. The molecule has 3 atom stereocenters. The minimum Gasteiger partial charge on any atom is -0.481 e. The molecule has 11 heteroatoms. The molecular formula is C30H37N3O6S2. The van der Waals surface area contributed by atoms with Crippen molar-refractivity contribution in [2.24, 2.45) is 0 Å². The van der Waals surface area contributed by atoms with E-state index in [2.05, 4.69) is 15.5 Å². The number of benzene rings is 2. The Balaban J connectivity index is 1.32. The Hall–Kier alpha value is -2.83. The quantitative estimate of drug-likeness (QED) is 0.148. The maximum absolute atomic E-state index is 12.2. The Kier molecular flexibility index (Phi) is 12.1. The molecule has 0 bridgehead atoms. The van der Waals surface area contributed by atoms with E-state index in [0.29, 0.717) is 25.8 Å². The highest BCUT2D eigenvalue weighted by Gasteiger charge is 2.32. The third-order valence-corrected chi connectivity index (χ3v) is 8.91. The van der Waals surface area contributed by atoms with E-state index in [4.69, 9.17) is 14.6 Å². The van der Waals surface area contributed by atoms with Gasteiger partial charge >= 0.3 is 5.97 Å². The van der Waals surface area contributed by atoms with Crippen LogP contribution in [0.3, 0.4) is 0 Å². The van der Waals surface area contributed by atoms with Gasteiger partial charge in [0, 0.05) is 37.1 Å². The molecule has 2 aromatic carbocycles. The monoisotopic (exact) mass is 599 g/mol. The van der Waals surface area contributed by atoms with Crippen LogP contribution in [0.15, 0.2) is 52.9 Å². The first kappa shape index (κ1) is 31.1. The standard InChI is InChI=1S/C30H37N3O6S2/c1-20-32-33-30(41-20)40-19-25-16-26(23-12-10-22(18-34)11-13-23)39-29(38-25)24-14-8-21(9-15-24)17-31-27(35)6-4-2-3-5-7-28(36)37/h8-15,25-26,29,34H,2-7,16-19H2,1H3,(H,31,35)(H,36,37). The number of aliphatic hydroxyl groups excluding tert-OH is 1. The Morgan fingerprint density at radius 2 is 1.63 bits per heavy atom. The summed E-state index contributed by atoms with van der Waals surface area (Å²) in [5.41, 5.74) is 3.78. The summed E-state index contributed by atoms with van der Waals surface area (Å²) in [6.45, 7) is 2.38. The largest absolute Gasteiger partial charge is 0.481 e. The fourth-order valence-electron chi connectivity index (χ4n) is 4.52. The van der Waals surface area contributed by atoms with E-state index in [-0.39, 0.29) is 31.1 Å². The number of aliphatic carboxylic acids is 1. The summed E-state index contributed by atoms with van der Waals surface area (Å²) in [5, 5.41) is 30.3. The normalized spacial score (nSPS) is 18.7. The number of carboxylic acids is 1. The molecule has 41 heavy (non-hydrogen) atoms. The van der Waals surface area contributed by atoms with Crippen molar-refractivity contribution in [2.45, 2.75) is 87.9 Å². The molecule has 1 aromatic heterocycles. The lowest BCUT2D eigenvalue weighted by atomic mass is 10.0. The number of aromatic nitrogens is 2. The van der Waals surface area contributed by atoms with Crippen LogP contribution in [0.2, 0.25) is 0 Å². The van der Waals surface area contributed by atoms with Crippen LogP contribution in [0.1, 0.15) is 84.6 Å². The highest BCUT2D eigenvalue weighted by Crippen LogP contribution is 2.39. The lowest BCUT2D eigenvalue weighted by molar-refractivity contribution is -0.245. The van der Waals surface area contributed by atoms with Gasteiger partial charge in [-0.2, -0.15) is 0 Å². The fourth-order valence-corrected chi connectivity index (χ4v) is 6.38. The molecule has 1 aliphatic rings. The lowest BCUT2D eigenvalue weighted by Crippen LogP contribution is -2.31. The van der Waals surface area contributed by atoms with E-state index in [9.17, 15) is 14.7 Å². The SMILES string of the molecule is Cc1nnc(SCC2CC(c3ccc(CO)cc3)OC(c3ccc(CNC(=O)CCCCCCC(=O)O)cc3)O2)s1. The molecule has 0 radical (unpaired) electrons. The van der Waals surface area contributed by atoms with Gasteiger partial charge in [0.15, 0.2) is 10.6 Å². The molecule has 3 aromatic rings. The number of thioether (sulfide) groups is 1. The number of aliphatic hydroxyl groups is 1. The molecule has 1 amide bonds. The van der Waals surface area contributed by atoms with Gasteiger partial charge in [-0.05, 0) is 36.5 Å². The van der Waals surface area contributed by atoms with Crippen molar-refractivity contribution in [3.8, 4) is 0 Å². The maximum atomic E-state index is 12.2. The minimum absolute atomic E-state index is 0.000524. The second-order valence-electron chi connectivity index (χ2n) is 10.1. The third kappa shape index (κ3) is 10.2. The van der Waals surface area contributed by atoms with Gasteiger partial charge in [-0.25, -0.2) is 0 Å². The molecule has 0 saturated carbocycles. The average Bonchev–Trinajstić information content (AvgIpc) is 3.41. The molecule has 0 spiro atoms. The summed E-state index contributed by atoms with van der Waals surface area (Å²) in [6.07, 6.45) is 3.62. The zero-order valence-corrected chi connectivity index (χ0v) is 24.8. The van der Waals surface area contributed by atoms with Gasteiger partial charge in [-0.3, -0.25) is 9.59 Å². The highest BCUT2D eigenvalue weighted by atomic mass is 32.2. The summed E-state index contributed by atoms with van der Waals surface area (Å²) >= 11 is 3.21. The summed E-state index contributed by atoms with van der Waals surface area (Å²) in [7, 11) is 0. The topological polar surface area (TPSA) is 131 Å². The van der Waals surface area contributed by atoms with Gasteiger partial charge in [0.05, 0.1) is 18.8 Å². The van der Waals surface area contributed by atoms with Crippen LogP contribution in [-0.2, 0) is 32.2 Å². The molecule has 220 valence electrons. The third-order valence-electron chi connectivity index (χ3n) is 6.80. The van der Waals surface area contributed by atoms with E-state index in [1.807, 2.05) is 55.5 Å². The highest BCUT2D eigenvalue weighted by molar-refractivity contribution is 8.01. The fraction of sp³-hybridized carbons (Fsp3) is 0.467. The number of carbonyl (C=O) groups is 2. The maximum Gasteiger partial charge on any atom is 0.303 e. The number of amides is 1. The van der Waals surface area contributed by atoms with Crippen molar-refractivity contribution in [1.29, 1.82) is 0 Å². The van der Waals surface area contributed by atoms with Gasteiger partial charge in [0.2, 0.25) is 5.91 Å². The van der Waals surface area contributed by atoms with Gasteiger partial charge in [-0.1, -0.05) is 84.5 Å². The molecule has 3 N–H and O–H groups in total. The summed E-state index contributed by atoms with van der Waals surface area (Å²) in [6, 6.07) is 15.7. The Morgan fingerprint density at radius 1 is 0.951 bits per heavy atom. The van der Waals surface area contributed by atoms with Crippen molar-refractivity contribution in [3.63, 3.8) is 0 Å². The van der Waals surface area contributed by atoms with E-state index < -0.39 is 12.3 Å². The molecule has 4 rings (SSSR count). The van der Waals surface area contributed by atoms with Crippen LogP contribution in [0.25, 0.3) is 0 Å². The Labute approximate surface area is 248 Å². The molecule has 1 fully saturated rings. The predicted molar refractivity (Wildman–Crippen MR) is 157 cm³/mol. The number of nitrogens with zero attached hydrogens (tertiary/aromatic N) is 2. The van der Waals surface area contributed by atoms with Crippen molar-refractivity contribution >= 4 is 35.0 Å². The number of unbranched alkanes of at least 4 members (excludes halogenated alkanes) is 3. The van der Waals surface area contributed by atoms with Gasteiger partial charge < -0.3 is 25.0 Å². The summed E-state index contributed by atoms with van der Waals surface area (Å²) in [4.78, 5) is 22.8. The summed E-state index contributed by atoms with van der Waals surface area (Å²) in [5.74, 6) is -0.0574. The van der Waals surface area contributed by atoms with Gasteiger partial charge in [0.25, 0.3) is 0 Å². The van der Waals surface area contributed by atoms with E-state index in [1.54, 1.807) is 23.1 Å². The molecule has 9 nitrogen and oxygen atoms in total. The average molecular weight is 600 g/mol. The van der Waals surface area contributed by atoms with Crippen molar-refractivity contribution in [1.82, 2.24) is 15.5 Å². The van der Waals surface area contributed by atoms with Crippen LogP contribution in [0, 0.1) is 6.92 Å². The van der Waals surface area contributed by atoms with E-state index in [1.165, 1.54) is 0 Å². The first-order valence-electron chi connectivity index (χ1n) is 13.9. The van der Waals surface area contributed by atoms with Crippen molar-refractivity contribution in [3.05, 3.63) is 75.8 Å². The van der Waals surface area contributed by atoms with Crippen molar-refractivity contribution in [2.75, 3.05) is 5.75 Å². The molecule has 1 aliphatic heterocycles. The molecule has 0 aliphatic carbocycles. The number of aryl methyl sites for hydroxylation is 1. The molecule has 2 heterocycles. The number of carboxylic acid groups (broad SMARTS) is 1. The lowest BCUT2D eigenvalue weighted by Gasteiger charge is -2.36. The molecular weight excluding hydrogens is 562 g/mol. The van der Waals surface area contributed by atoms with E-state index in [0.717, 1.165) is 56.6 Å². The number of ether oxygens (including phenoxy) is 2. The van der Waals surface area contributed by atoms with Crippen LogP contribution >= 0.6 is 23.1 Å². The van der Waals surface area contributed by atoms with Crippen LogP contribution in [-0.4, -0.2) is 44.1 Å². The number of rotatable bonds is 15. The number of nitrogens with one attached hydrogen (secondary N) is 1. The Morgan fingerprint density at radius 3 is 2.29 bits per heavy atom. The predicted octanol–water partition coefficient (Wildman–Crippen LogP) is 5.72. The number of hydrogen-bond donors (Lipinski definition) is 3. The first-order valence-corrected chi connectivity index (χ1v) is 15.7. The second-order valence-corrected chi connectivity index (χ2v) is 12.5. The van der Waals surface area contributed by atoms with Crippen LogP contribution < -0.4 is 5.32 Å². The van der Waals surface area contributed by atoms with Crippen molar-refractivity contribution < 1.29 is 29.3 Å². The molecule has 1 saturated heterocycles.